The third-order valence-electron chi connectivity index (χ3n) is 3.72. The second-order valence-electron chi connectivity index (χ2n) is 6.03. The third kappa shape index (κ3) is 2.92. The van der Waals surface area contributed by atoms with Gasteiger partial charge in [-0.05, 0) is 32.9 Å². The number of likely N-dealkylation sites (tertiary alicyclic amines) is 1. The lowest BCUT2D eigenvalue weighted by atomic mass is 9.92. The first kappa shape index (κ1) is 13.9. The highest BCUT2D eigenvalue weighted by Gasteiger charge is 2.42. The molecule has 0 spiro atoms. The topological polar surface area (TPSA) is 53.4 Å². The quantitative estimate of drug-likeness (QED) is 0.891. The summed E-state index contributed by atoms with van der Waals surface area (Å²) in [6.45, 7) is 7.33. The molecule has 1 aromatic rings. The first-order chi connectivity index (χ1) is 8.79. The summed E-state index contributed by atoms with van der Waals surface area (Å²) in [4.78, 5) is 17.6. The van der Waals surface area contributed by atoms with Gasteiger partial charge in [0.05, 0.1) is 12.1 Å². The average molecular weight is 266 g/mol. The molecule has 1 aliphatic heterocycles. The van der Waals surface area contributed by atoms with E-state index in [9.17, 15) is 14.3 Å². The molecule has 0 saturated carbocycles. The highest BCUT2D eigenvalue weighted by atomic mass is 19.1. The van der Waals surface area contributed by atoms with Crippen LogP contribution in [0.4, 0.5) is 4.39 Å². The summed E-state index contributed by atoms with van der Waals surface area (Å²) in [6.07, 6.45) is 1.15. The Kier molecular flexibility index (Phi) is 3.58. The number of hydrogen-bond donors (Lipinski definition) is 1. The van der Waals surface area contributed by atoms with Gasteiger partial charge in [-0.2, -0.15) is 0 Å². The smallest absolute Gasteiger partial charge is 0.308 e. The van der Waals surface area contributed by atoms with Gasteiger partial charge in [-0.15, -0.1) is 0 Å². The van der Waals surface area contributed by atoms with Crippen molar-refractivity contribution >= 4 is 5.97 Å². The van der Waals surface area contributed by atoms with Crippen LogP contribution in [0.3, 0.4) is 0 Å². The minimum Gasteiger partial charge on any atom is -0.481 e. The Hall–Kier alpha value is -1.49. The number of halogens is 1. The van der Waals surface area contributed by atoms with E-state index in [1.54, 1.807) is 6.07 Å². The molecule has 2 atom stereocenters. The van der Waals surface area contributed by atoms with E-state index in [4.69, 9.17) is 0 Å². The third-order valence-corrected chi connectivity index (χ3v) is 3.72. The largest absolute Gasteiger partial charge is 0.481 e. The zero-order valence-electron chi connectivity index (χ0n) is 11.4. The molecular weight excluding hydrogens is 247 g/mol. The fourth-order valence-corrected chi connectivity index (χ4v) is 2.51. The van der Waals surface area contributed by atoms with E-state index in [0.717, 1.165) is 6.20 Å². The number of carboxylic acid groups (broad SMARTS) is 1. The van der Waals surface area contributed by atoms with Crippen molar-refractivity contribution in [2.45, 2.75) is 32.2 Å². The van der Waals surface area contributed by atoms with E-state index < -0.39 is 17.7 Å². The van der Waals surface area contributed by atoms with E-state index in [1.807, 2.05) is 0 Å². The molecule has 2 rings (SSSR count). The zero-order valence-corrected chi connectivity index (χ0v) is 11.4. The van der Waals surface area contributed by atoms with E-state index in [-0.39, 0.29) is 11.5 Å². The lowest BCUT2D eigenvalue weighted by molar-refractivity contribution is -0.141. The summed E-state index contributed by atoms with van der Waals surface area (Å²) in [5.41, 5.74) is 0.572. The van der Waals surface area contributed by atoms with Gasteiger partial charge >= 0.3 is 5.97 Å². The van der Waals surface area contributed by atoms with E-state index >= 15 is 0 Å². The maximum absolute atomic E-state index is 12.9. The fourth-order valence-electron chi connectivity index (χ4n) is 2.51. The molecule has 0 amide bonds. The molecule has 5 heteroatoms. The number of aromatic nitrogens is 1. The molecule has 0 radical (unpaired) electrons. The maximum Gasteiger partial charge on any atom is 0.308 e. The van der Waals surface area contributed by atoms with Gasteiger partial charge in [0.1, 0.15) is 5.82 Å². The minimum absolute atomic E-state index is 0.0809. The van der Waals surface area contributed by atoms with Crippen molar-refractivity contribution in [1.82, 2.24) is 9.88 Å². The van der Waals surface area contributed by atoms with Gasteiger partial charge in [0.2, 0.25) is 0 Å². The Morgan fingerprint density at radius 1 is 1.42 bits per heavy atom. The van der Waals surface area contributed by atoms with Crippen LogP contribution in [0.15, 0.2) is 18.3 Å². The Labute approximate surface area is 112 Å². The number of hydrogen-bond acceptors (Lipinski definition) is 3. The summed E-state index contributed by atoms with van der Waals surface area (Å²) >= 11 is 0. The number of aliphatic carboxylic acids is 1. The van der Waals surface area contributed by atoms with Gasteiger partial charge in [-0.3, -0.25) is 14.7 Å². The summed E-state index contributed by atoms with van der Waals surface area (Å²) in [5.74, 6) is -1.89. The first-order valence-electron chi connectivity index (χ1n) is 6.38. The summed E-state index contributed by atoms with van der Waals surface area (Å²) in [7, 11) is 0. The van der Waals surface area contributed by atoms with Crippen LogP contribution in [0.5, 0.6) is 0 Å². The Morgan fingerprint density at radius 2 is 2.11 bits per heavy atom. The van der Waals surface area contributed by atoms with Gasteiger partial charge < -0.3 is 5.11 Å². The van der Waals surface area contributed by atoms with Gasteiger partial charge in [0.15, 0.2) is 0 Å². The molecular formula is C14H19FN2O2. The summed E-state index contributed by atoms with van der Waals surface area (Å²) in [5, 5.41) is 9.35. The van der Waals surface area contributed by atoms with Crippen molar-refractivity contribution in [3.05, 3.63) is 29.8 Å². The van der Waals surface area contributed by atoms with Crippen molar-refractivity contribution in [3.8, 4) is 0 Å². The molecule has 0 unspecified atom stereocenters. The molecule has 1 saturated heterocycles. The number of carboxylic acids is 1. The molecule has 2 heterocycles. The van der Waals surface area contributed by atoms with Crippen molar-refractivity contribution in [1.29, 1.82) is 0 Å². The fraction of sp³-hybridized carbons (Fsp3) is 0.571. The predicted octanol–water partition coefficient (Wildman–Crippen LogP) is 2.12. The molecule has 1 N–H and O–H groups in total. The van der Waals surface area contributed by atoms with Crippen LogP contribution in [0, 0.1) is 11.7 Å². The van der Waals surface area contributed by atoms with Crippen LogP contribution in [0.2, 0.25) is 0 Å². The van der Waals surface area contributed by atoms with Crippen molar-refractivity contribution in [2.75, 3.05) is 13.1 Å². The van der Waals surface area contributed by atoms with Gasteiger partial charge in [-0.25, -0.2) is 4.39 Å². The Balaban J connectivity index is 2.27. The molecule has 1 aromatic heterocycles. The lowest BCUT2D eigenvalue weighted by Gasteiger charge is -2.31. The van der Waals surface area contributed by atoms with Gasteiger partial charge in [0, 0.05) is 30.2 Å². The van der Waals surface area contributed by atoms with Gasteiger partial charge in [-0.1, -0.05) is 0 Å². The molecule has 0 aromatic carbocycles. The standard InChI is InChI=1S/C14H19FN2O2/c1-14(2,3)17-7-10(11(8-17)13(18)19)12-5-4-9(15)6-16-12/h4-6,10-11H,7-8H2,1-3H3,(H,18,19)/t10-,11-/m1/s1. The van der Waals surface area contributed by atoms with Gasteiger partial charge in [0.25, 0.3) is 0 Å². The first-order valence-corrected chi connectivity index (χ1v) is 6.38. The molecule has 0 bridgehead atoms. The highest BCUT2D eigenvalue weighted by molar-refractivity contribution is 5.72. The van der Waals surface area contributed by atoms with Crippen molar-refractivity contribution < 1.29 is 14.3 Å². The monoisotopic (exact) mass is 266 g/mol. The van der Waals surface area contributed by atoms with Crippen LogP contribution >= 0.6 is 0 Å². The molecule has 4 nitrogen and oxygen atoms in total. The average Bonchev–Trinajstić information content (AvgIpc) is 2.74. The van der Waals surface area contributed by atoms with Crippen LogP contribution in [-0.4, -0.2) is 39.6 Å². The minimum atomic E-state index is -0.817. The Morgan fingerprint density at radius 3 is 2.58 bits per heavy atom. The van der Waals surface area contributed by atoms with E-state index in [1.165, 1.54) is 6.07 Å². The van der Waals surface area contributed by atoms with Crippen molar-refractivity contribution in [3.63, 3.8) is 0 Å². The van der Waals surface area contributed by atoms with E-state index in [2.05, 4.69) is 30.7 Å². The summed E-state index contributed by atoms with van der Waals surface area (Å²) in [6, 6.07) is 2.92. The SMILES string of the molecule is CC(C)(C)N1C[C@@H](C(=O)O)[C@H](c2ccc(F)cn2)C1. The predicted molar refractivity (Wildman–Crippen MR) is 69.4 cm³/mol. The number of rotatable bonds is 2. The van der Waals surface area contributed by atoms with Crippen LogP contribution in [0.1, 0.15) is 32.4 Å². The molecule has 1 fully saturated rings. The zero-order chi connectivity index (χ0) is 14.2. The van der Waals surface area contributed by atoms with E-state index in [0.29, 0.717) is 18.8 Å². The highest BCUT2D eigenvalue weighted by Crippen LogP contribution is 2.35. The van der Waals surface area contributed by atoms with Crippen LogP contribution < -0.4 is 0 Å². The number of nitrogens with zero attached hydrogens (tertiary/aromatic N) is 2. The van der Waals surface area contributed by atoms with Crippen LogP contribution in [-0.2, 0) is 4.79 Å². The van der Waals surface area contributed by atoms with Crippen LogP contribution in [0.25, 0.3) is 0 Å². The number of carbonyl (C=O) groups is 1. The molecule has 0 aliphatic carbocycles. The van der Waals surface area contributed by atoms with Crippen molar-refractivity contribution in [2.24, 2.45) is 5.92 Å². The molecule has 104 valence electrons. The molecule has 1 aliphatic rings. The second kappa shape index (κ2) is 4.89. The Bertz CT molecular complexity index is 467. The normalized spacial score (nSPS) is 24.6. The lowest BCUT2D eigenvalue weighted by Crippen LogP contribution is -2.40. The number of pyridine rings is 1. The maximum atomic E-state index is 12.9. The summed E-state index contributed by atoms with van der Waals surface area (Å²) < 4.78 is 12.9. The molecule has 19 heavy (non-hydrogen) atoms. The second-order valence-corrected chi connectivity index (χ2v) is 6.03.